The van der Waals surface area contributed by atoms with Gasteiger partial charge in [0.05, 0.1) is 34.7 Å². The number of rotatable bonds is 3. The number of fused-ring (bicyclic) bond motifs is 1. The van der Waals surface area contributed by atoms with Crippen molar-refractivity contribution in [2.75, 3.05) is 16.8 Å². The number of cyclic esters (lactones) is 1. The Morgan fingerprint density at radius 2 is 2.30 bits per heavy atom. The average Bonchev–Trinajstić information content (AvgIpc) is 3.37. The molecule has 2 fully saturated rings. The molecule has 2 heterocycles. The lowest BCUT2D eigenvalue weighted by atomic mass is 10.1. The number of nitrogens with zero attached hydrogens (tertiary/aromatic N) is 3. The molecule has 0 spiro atoms. The van der Waals surface area contributed by atoms with E-state index >= 15 is 0 Å². The second-order valence-electron chi connectivity index (χ2n) is 6.68. The van der Waals surface area contributed by atoms with E-state index in [9.17, 15) is 14.0 Å². The standard InChI is InChI=1S/C18H14ClFN4O3/c1-8-7-27-18(26)24(8)13-3-9-4-14(22-6-12(9)15(19)16(13)20)23-17(25)11-2-10(11)5-21/h3-4,6,8,10-11H,2,7H2,1H3,(H,22,23,25)/t8-,10?,11-/m1/s1. The Morgan fingerprint density at radius 1 is 1.52 bits per heavy atom. The van der Waals surface area contributed by atoms with Crippen molar-refractivity contribution in [3.05, 3.63) is 29.2 Å². The molecule has 1 saturated heterocycles. The zero-order chi connectivity index (χ0) is 19.3. The van der Waals surface area contributed by atoms with Crippen molar-refractivity contribution in [2.45, 2.75) is 19.4 Å². The van der Waals surface area contributed by atoms with Crippen molar-refractivity contribution in [3.8, 4) is 6.07 Å². The van der Waals surface area contributed by atoms with Gasteiger partial charge >= 0.3 is 6.09 Å². The molecule has 1 aromatic heterocycles. The van der Waals surface area contributed by atoms with Gasteiger partial charge in [0.2, 0.25) is 5.91 Å². The Bertz CT molecular complexity index is 1020. The van der Waals surface area contributed by atoms with Gasteiger partial charge < -0.3 is 10.1 Å². The van der Waals surface area contributed by atoms with Gasteiger partial charge in [-0.05, 0) is 30.9 Å². The largest absolute Gasteiger partial charge is 0.447 e. The Morgan fingerprint density at radius 3 is 2.93 bits per heavy atom. The Hall–Kier alpha value is -2.92. The maximum Gasteiger partial charge on any atom is 0.414 e. The molecule has 1 aromatic carbocycles. The summed E-state index contributed by atoms with van der Waals surface area (Å²) in [6.07, 6.45) is 1.25. The van der Waals surface area contributed by atoms with Crippen LogP contribution in [0.2, 0.25) is 5.02 Å². The van der Waals surface area contributed by atoms with Crippen LogP contribution < -0.4 is 10.2 Å². The van der Waals surface area contributed by atoms with Gasteiger partial charge in [0, 0.05) is 11.6 Å². The van der Waals surface area contributed by atoms with E-state index in [-0.39, 0.29) is 46.9 Å². The molecule has 0 radical (unpaired) electrons. The van der Waals surface area contributed by atoms with E-state index in [1.807, 2.05) is 0 Å². The minimum absolute atomic E-state index is 0.0118. The van der Waals surface area contributed by atoms with Crippen LogP contribution in [0.5, 0.6) is 0 Å². The number of nitriles is 1. The van der Waals surface area contributed by atoms with E-state index < -0.39 is 11.9 Å². The van der Waals surface area contributed by atoms with Gasteiger partial charge in [-0.3, -0.25) is 9.69 Å². The third kappa shape index (κ3) is 2.94. The molecule has 0 bridgehead atoms. The SMILES string of the molecule is C[C@@H]1COC(=O)N1c1cc2cc(NC(=O)[C@@H]3CC3C#N)ncc2c(Cl)c1F. The number of benzene rings is 1. The molecule has 3 atom stereocenters. The van der Waals surface area contributed by atoms with Crippen LogP contribution in [0.25, 0.3) is 10.8 Å². The van der Waals surface area contributed by atoms with Crippen molar-refractivity contribution in [3.63, 3.8) is 0 Å². The second-order valence-corrected chi connectivity index (χ2v) is 7.06. The number of anilines is 2. The summed E-state index contributed by atoms with van der Waals surface area (Å²) in [6, 6.07) is 4.75. The van der Waals surface area contributed by atoms with E-state index in [0.29, 0.717) is 17.2 Å². The molecule has 9 heteroatoms. The number of halogens is 2. The summed E-state index contributed by atoms with van der Waals surface area (Å²) in [5.74, 6) is -1.34. The third-order valence-corrected chi connectivity index (χ3v) is 5.14. The summed E-state index contributed by atoms with van der Waals surface area (Å²) in [5.41, 5.74) is 0.0118. The summed E-state index contributed by atoms with van der Waals surface area (Å²) < 4.78 is 19.7. The Kier molecular flexibility index (Phi) is 4.12. The van der Waals surface area contributed by atoms with Crippen LogP contribution in [0.1, 0.15) is 13.3 Å². The van der Waals surface area contributed by atoms with Crippen molar-refractivity contribution in [1.29, 1.82) is 5.26 Å². The van der Waals surface area contributed by atoms with Crippen LogP contribution >= 0.6 is 11.6 Å². The fraction of sp³-hybridized carbons (Fsp3) is 0.333. The molecule has 2 amide bonds. The molecule has 1 unspecified atom stereocenters. The summed E-state index contributed by atoms with van der Waals surface area (Å²) in [7, 11) is 0. The van der Waals surface area contributed by atoms with Crippen LogP contribution in [0.3, 0.4) is 0 Å². The van der Waals surface area contributed by atoms with Gasteiger partial charge in [-0.15, -0.1) is 0 Å². The highest BCUT2D eigenvalue weighted by atomic mass is 35.5. The quantitative estimate of drug-likeness (QED) is 0.868. The summed E-state index contributed by atoms with van der Waals surface area (Å²) in [4.78, 5) is 29.3. The Balaban J connectivity index is 1.70. The first-order valence-electron chi connectivity index (χ1n) is 8.35. The molecule has 1 aliphatic carbocycles. The highest BCUT2D eigenvalue weighted by Crippen LogP contribution is 2.39. The van der Waals surface area contributed by atoms with Crippen LogP contribution in [0.15, 0.2) is 18.3 Å². The summed E-state index contributed by atoms with van der Waals surface area (Å²) in [6.45, 7) is 1.90. The van der Waals surface area contributed by atoms with Gasteiger partial charge in [0.25, 0.3) is 0 Å². The number of carbonyl (C=O) groups excluding carboxylic acids is 2. The summed E-state index contributed by atoms with van der Waals surface area (Å²) in [5, 5.41) is 12.2. The zero-order valence-electron chi connectivity index (χ0n) is 14.2. The number of hydrogen-bond acceptors (Lipinski definition) is 5. The number of hydrogen-bond donors (Lipinski definition) is 1. The van der Waals surface area contributed by atoms with E-state index in [4.69, 9.17) is 21.6 Å². The lowest BCUT2D eigenvalue weighted by molar-refractivity contribution is -0.117. The van der Waals surface area contributed by atoms with Gasteiger partial charge in [-0.1, -0.05) is 11.6 Å². The molecular weight excluding hydrogens is 375 g/mol. The topological polar surface area (TPSA) is 95.3 Å². The first-order valence-corrected chi connectivity index (χ1v) is 8.72. The number of carbonyl (C=O) groups is 2. The molecule has 7 nitrogen and oxygen atoms in total. The predicted molar refractivity (Wildman–Crippen MR) is 95.8 cm³/mol. The van der Waals surface area contributed by atoms with E-state index in [0.717, 1.165) is 0 Å². The van der Waals surface area contributed by atoms with E-state index in [2.05, 4.69) is 16.4 Å². The molecule has 2 aromatic rings. The molecule has 1 N–H and O–H groups in total. The van der Waals surface area contributed by atoms with Gasteiger partial charge in [0.15, 0.2) is 5.82 Å². The maximum atomic E-state index is 14.7. The monoisotopic (exact) mass is 388 g/mol. The second kappa shape index (κ2) is 6.35. The van der Waals surface area contributed by atoms with Gasteiger partial charge in [0.1, 0.15) is 12.4 Å². The molecule has 2 aliphatic rings. The lowest BCUT2D eigenvalue weighted by Crippen LogP contribution is -2.31. The first-order chi connectivity index (χ1) is 12.9. The van der Waals surface area contributed by atoms with Crippen LogP contribution in [-0.2, 0) is 9.53 Å². The number of aromatic nitrogens is 1. The van der Waals surface area contributed by atoms with E-state index in [1.165, 1.54) is 17.2 Å². The third-order valence-electron chi connectivity index (χ3n) is 4.77. The van der Waals surface area contributed by atoms with Crippen molar-refractivity contribution >= 4 is 45.9 Å². The molecular formula is C18H14ClFN4O3. The molecule has 1 aliphatic heterocycles. The minimum atomic E-state index is -0.733. The highest BCUT2D eigenvalue weighted by molar-refractivity contribution is 6.36. The molecule has 1 saturated carbocycles. The van der Waals surface area contributed by atoms with Gasteiger partial charge in [-0.25, -0.2) is 14.2 Å². The molecule has 4 rings (SSSR count). The number of ether oxygens (including phenoxy) is 1. The molecule has 27 heavy (non-hydrogen) atoms. The van der Waals surface area contributed by atoms with Crippen molar-refractivity contribution < 1.29 is 18.7 Å². The zero-order valence-corrected chi connectivity index (χ0v) is 15.0. The fourth-order valence-electron chi connectivity index (χ4n) is 3.16. The first kappa shape index (κ1) is 17.5. The van der Waals surface area contributed by atoms with Gasteiger partial charge in [-0.2, -0.15) is 5.26 Å². The lowest BCUT2D eigenvalue weighted by Gasteiger charge is -2.20. The smallest absolute Gasteiger partial charge is 0.414 e. The number of nitrogens with one attached hydrogen (secondary N) is 1. The number of pyridine rings is 1. The highest BCUT2D eigenvalue weighted by Gasteiger charge is 2.43. The molecule has 138 valence electrons. The maximum absolute atomic E-state index is 14.7. The van der Waals surface area contributed by atoms with Crippen LogP contribution in [-0.4, -0.2) is 29.6 Å². The van der Waals surface area contributed by atoms with Crippen LogP contribution in [0, 0.1) is 29.0 Å². The fourth-order valence-corrected chi connectivity index (χ4v) is 3.41. The van der Waals surface area contributed by atoms with Crippen molar-refractivity contribution in [2.24, 2.45) is 11.8 Å². The van der Waals surface area contributed by atoms with Crippen LogP contribution in [0.4, 0.5) is 20.7 Å². The average molecular weight is 389 g/mol. The normalized spacial score (nSPS) is 23.9. The predicted octanol–water partition coefficient (Wildman–Crippen LogP) is 3.47. The number of amides is 2. The van der Waals surface area contributed by atoms with Crippen molar-refractivity contribution in [1.82, 2.24) is 4.98 Å². The summed E-state index contributed by atoms with van der Waals surface area (Å²) >= 11 is 6.14. The van der Waals surface area contributed by atoms with E-state index in [1.54, 1.807) is 13.0 Å². The Labute approximate surface area is 158 Å². The minimum Gasteiger partial charge on any atom is -0.447 e.